The van der Waals surface area contributed by atoms with Gasteiger partial charge in [-0.3, -0.25) is 4.68 Å². The molecule has 17 heavy (non-hydrogen) atoms. The summed E-state index contributed by atoms with van der Waals surface area (Å²) in [4.78, 5) is 4.18. The van der Waals surface area contributed by atoms with Gasteiger partial charge >= 0.3 is 0 Å². The van der Waals surface area contributed by atoms with Crippen LogP contribution in [0.1, 0.15) is 24.4 Å². The zero-order chi connectivity index (χ0) is 12.3. The highest BCUT2D eigenvalue weighted by Crippen LogP contribution is 2.16. The SMILES string of the molecule is C[C@@H](NCc1ncnn1C)c1ccc(Br)cc1. The lowest BCUT2D eigenvalue weighted by Gasteiger charge is -2.13. The Morgan fingerprint density at radius 1 is 1.35 bits per heavy atom. The van der Waals surface area contributed by atoms with Crippen LogP contribution in [0.5, 0.6) is 0 Å². The van der Waals surface area contributed by atoms with Gasteiger partial charge in [-0.1, -0.05) is 28.1 Å². The van der Waals surface area contributed by atoms with E-state index in [-0.39, 0.29) is 0 Å². The molecule has 0 unspecified atom stereocenters. The second-order valence-corrected chi connectivity index (χ2v) is 4.87. The van der Waals surface area contributed by atoms with Gasteiger partial charge in [0.15, 0.2) is 0 Å². The summed E-state index contributed by atoms with van der Waals surface area (Å²) in [6.07, 6.45) is 1.57. The van der Waals surface area contributed by atoms with E-state index in [2.05, 4.69) is 62.5 Å². The standard InChI is InChI=1S/C12H15BrN4/c1-9(10-3-5-11(13)6-4-10)14-7-12-15-8-16-17(12)2/h3-6,8-9,14H,7H2,1-2H3/t9-/m1/s1. The maximum absolute atomic E-state index is 4.18. The third-order valence-corrected chi connectivity index (χ3v) is 3.27. The van der Waals surface area contributed by atoms with Crippen LogP contribution in [0.2, 0.25) is 0 Å². The fraction of sp³-hybridized carbons (Fsp3) is 0.333. The van der Waals surface area contributed by atoms with Crippen molar-refractivity contribution >= 4 is 15.9 Å². The number of aryl methyl sites for hydroxylation is 1. The average Bonchev–Trinajstić information content (AvgIpc) is 2.73. The zero-order valence-corrected chi connectivity index (χ0v) is 11.5. The lowest BCUT2D eigenvalue weighted by Crippen LogP contribution is -2.20. The summed E-state index contributed by atoms with van der Waals surface area (Å²) in [6, 6.07) is 8.61. The molecule has 0 aliphatic heterocycles. The van der Waals surface area contributed by atoms with Crippen molar-refractivity contribution in [2.24, 2.45) is 7.05 Å². The molecular weight excluding hydrogens is 280 g/mol. The van der Waals surface area contributed by atoms with Gasteiger partial charge in [0.2, 0.25) is 0 Å². The molecule has 1 aromatic heterocycles. The van der Waals surface area contributed by atoms with Crippen LogP contribution in [0.15, 0.2) is 35.1 Å². The third kappa shape index (κ3) is 3.14. The predicted molar refractivity (Wildman–Crippen MR) is 70.4 cm³/mol. The summed E-state index contributed by atoms with van der Waals surface area (Å²) in [5, 5.41) is 7.46. The molecule has 0 saturated heterocycles. The summed E-state index contributed by atoms with van der Waals surface area (Å²) in [6.45, 7) is 2.85. The smallest absolute Gasteiger partial charge is 0.140 e. The molecule has 0 amide bonds. The summed E-state index contributed by atoms with van der Waals surface area (Å²) in [7, 11) is 1.90. The van der Waals surface area contributed by atoms with Crippen LogP contribution in [0.3, 0.4) is 0 Å². The molecule has 2 aromatic rings. The van der Waals surface area contributed by atoms with E-state index < -0.39 is 0 Å². The van der Waals surface area contributed by atoms with Crippen LogP contribution >= 0.6 is 15.9 Å². The van der Waals surface area contributed by atoms with Gasteiger partial charge in [-0.15, -0.1) is 0 Å². The number of halogens is 1. The quantitative estimate of drug-likeness (QED) is 0.942. The van der Waals surface area contributed by atoms with Gasteiger partial charge in [0.25, 0.3) is 0 Å². The molecule has 5 heteroatoms. The molecule has 4 nitrogen and oxygen atoms in total. The molecule has 0 radical (unpaired) electrons. The van der Waals surface area contributed by atoms with Crippen molar-refractivity contribution in [3.63, 3.8) is 0 Å². The molecule has 0 saturated carbocycles. The molecule has 0 aliphatic rings. The largest absolute Gasteiger partial charge is 0.303 e. The van der Waals surface area contributed by atoms with Gasteiger partial charge in [0.1, 0.15) is 12.2 Å². The number of hydrogen-bond donors (Lipinski definition) is 1. The Morgan fingerprint density at radius 3 is 2.65 bits per heavy atom. The Labute approximate surface area is 109 Å². The minimum Gasteiger partial charge on any atom is -0.303 e. The normalized spacial score (nSPS) is 12.6. The summed E-state index contributed by atoms with van der Waals surface area (Å²) in [5.41, 5.74) is 1.26. The number of benzene rings is 1. The number of aromatic nitrogens is 3. The predicted octanol–water partition coefficient (Wildman–Crippen LogP) is 2.43. The monoisotopic (exact) mass is 294 g/mol. The van der Waals surface area contributed by atoms with E-state index in [1.54, 1.807) is 11.0 Å². The van der Waals surface area contributed by atoms with E-state index in [1.165, 1.54) is 5.56 Å². The topological polar surface area (TPSA) is 42.7 Å². The molecule has 1 heterocycles. The highest BCUT2D eigenvalue weighted by atomic mass is 79.9. The minimum absolute atomic E-state index is 0.291. The second kappa shape index (κ2) is 5.42. The molecule has 0 aliphatic carbocycles. The van der Waals surface area contributed by atoms with Crippen LogP contribution in [-0.2, 0) is 13.6 Å². The zero-order valence-electron chi connectivity index (χ0n) is 9.89. The second-order valence-electron chi connectivity index (χ2n) is 3.95. The van der Waals surface area contributed by atoms with Gasteiger partial charge < -0.3 is 5.32 Å². The third-order valence-electron chi connectivity index (χ3n) is 2.74. The Hall–Kier alpha value is -1.20. The van der Waals surface area contributed by atoms with Crippen molar-refractivity contribution < 1.29 is 0 Å². The van der Waals surface area contributed by atoms with E-state index in [0.29, 0.717) is 12.6 Å². The highest BCUT2D eigenvalue weighted by molar-refractivity contribution is 9.10. The Bertz CT molecular complexity index is 478. The van der Waals surface area contributed by atoms with Crippen molar-refractivity contribution in [2.45, 2.75) is 19.5 Å². The number of hydrogen-bond acceptors (Lipinski definition) is 3. The van der Waals surface area contributed by atoms with Crippen molar-refractivity contribution in [3.05, 3.63) is 46.5 Å². The molecule has 0 spiro atoms. The Kier molecular flexibility index (Phi) is 3.91. The lowest BCUT2D eigenvalue weighted by molar-refractivity contribution is 0.540. The maximum atomic E-state index is 4.18. The molecule has 2 rings (SSSR count). The molecule has 1 atom stereocenters. The first-order valence-electron chi connectivity index (χ1n) is 5.48. The number of nitrogens with zero attached hydrogens (tertiary/aromatic N) is 3. The van der Waals surface area contributed by atoms with Gasteiger partial charge in [0.05, 0.1) is 6.54 Å². The highest BCUT2D eigenvalue weighted by Gasteiger charge is 2.06. The molecule has 0 bridgehead atoms. The summed E-state index contributed by atoms with van der Waals surface area (Å²) in [5.74, 6) is 0.939. The van der Waals surface area contributed by atoms with Gasteiger partial charge in [-0.2, -0.15) is 5.10 Å². The fourth-order valence-corrected chi connectivity index (χ4v) is 1.86. The molecule has 0 fully saturated rings. The van der Waals surface area contributed by atoms with Gasteiger partial charge in [-0.05, 0) is 24.6 Å². The first kappa shape index (κ1) is 12.3. The van der Waals surface area contributed by atoms with E-state index >= 15 is 0 Å². The van der Waals surface area contributed by atoms with Crippen molar-refractivity contribution in [1.82, 2.24) is 20.1 Å². The van der Waals surface area contributed by atoms with E-state index in [1.807, 2.05) is 7.05 Å². The fourth-order valence-electron chi connectivity index (χ4n) is 1.59. The van der Waals surface area contributed by atoms with Crippen molar-refractivity contribution in [3.8, 4) is 0 Å². The van der Waals surface area contributed by atoms with E-state index in [4.69, 9.17) is 0 Å². The van der Waals surface area contributed by atoms with Gasteiger partial charge in [-0.25, -0.2) is 4.98 Å². The Balaban J connectivity index is 1.95. The Morgan fingerprint density at radius 2 is 2.06 bits per heavy atom. The van der Waals surface area contributed by atoms with Crippen LogP contribution in [0.25, 0.3) is 0 Å². The van der Waals surface area contributed by atoms with E-state index in [0.717, 1.165) is 10.3 Å². The van der Waals surface area contributed by atoms with Crippen LogP contribution < -0.4 is 5.32 Å². The average molecular weight is 295 g/mol. The molecule has 1 N–H and O–H groups in total. The van der Waals surface area contributed by atoms with E-state index in [9.17, 15) is 0 Å². The van der Waals surface area contributed by atoms with Crippen molar-refractivity contribution in [2.75, 3.05) is 0 Å². The molecule has 90 valence electrons. The minimum atomic E-state index is 0.291. The van der Waals surface area contributed by atoms with Crippen LogP contribution in [0.4, 0.5) is 0 Å². The van der Waals surface area contributed by atoms with Crippen molar-refractivity contribution in [1.29, 1.82) is 0 Å². The lowest BCUT2D eigenvalue weighted by atomic mass is 10.1. The number of nitrogens with one attached hydrogen (secondary N) is 1. The van der Waals surface area contributed by atoms with Crippen LogP contribution in [-0.4, -0.2) is 14.8 Å². The summed E-state index contributed by atoms with van der Waals surface area (Å²) < 4.78 is 2.88. The summed E-state index contributed by atoms with van der Waals surface area (Å²) >= 11 is 3.43. The van der Waals surface area contributed by atoms with Crippen LogP contribution in [0, 0.1) is 0 Å². The molecular formula is C12H15BrN4. The first-order chi connectivity index (χ1) is 8.16. The number of rotatable bonds is 4. The first-order valence-corrected chi connectivity index (χ1v) is 6.28. The maximum Gasteiger partial charge on any atom is 0.140 e. The van der Waals surface area contributed by atoms with Gasteiger partial charge in [0, 0.05) is 17.6 Å². The molecule has 1 aromatic carbocycles.